The first kappa shape index (κ1) is 41.6. The predicted octanol–water partition coefficient (Wildman–Crippen LogP) is 12.3. The van der Waals surface area contributed by atoms with Crippen molar-refractivity contribution in [2.24, 2.45) is 0 Å². The molecule has 0 spiro atoms. The van der Waals surface area contributed by atoms with E-state index in [0.29, 0.717) is 6.04 Å². The maximum Gasteiger partial charge on any atom is 0 e. The fraction of sp³-hybridized carbons (Fsp3) is 0.170. The van der Waals surface area contributed by atoms with Crippen molar-refractivity contribution in [2.75, 3.05) is 0 Å². The summed E-state index contributed by atoms with van der Waals surface area (Å²) in [5.74, 6) is -0.00175. The first-order valence-electron chi connectivity index (χ1n) is 17.5. The van der Waals surface area contributed by atoms with Crippen molar-refractivity contribution < 1.29 is 25.8 Å². The molecule has 0 aliphatic heterocycles. The second-order valence-electron chi connectivity index (χ2n) is 12.1. The Morgan fingerprint density at radius 1 is 0.471 bits per heavy atom. The van der Waals surface area contributed by atoms with Gasteiger partial charge in [-0.25, -0.2) is 5.91 Å². The largest absolute Gasteiger partial charge is 0.671 e. The number of hydrogen-bond acceptors (Lipinski definition) is 0. The Morgan fingerprint density at radius 3 is 1.14 bits per heavy atom. The molecule has 1 unspecified atom stereocenters. The van der Waals surface area contributed by atoms with Gasteiger partial charge in [0, 0.05) is 25.8 Å². The molecule has 6 aromatic carbocycles. The zero-order chi connectivity index (χ0) is 35.1. The van der Waals surface area contributed by atoms with Crippen LogP contribution >= 0.6 is 7.92 Å². The molecule has 2 nitrogen and oxygen atoms in total. The van der Waals surface area contributed by atoms with E-state index in [1.165, 1.54) is 48.3 Å². The number of hydrogen-bond donors (Lipinski definition) is 0. The Hall–Kier alpha value is -3.85. The second-order valence-corrected chi connectivity index (χ2v) is 14.3. The van der Waals surface area contributed by atoms with Gasteiger partial charge in [-0.05, 0) is 10.6 Å². The molecule has 0 aromatic heterocycles. The van der Waals surface area contributed by atoms with Gasteiger partial charge in [-0.1, -0.05) is 155 Å². The molecule has 1 fully saturated rings. The Labute approximate surface area is 328 Å². The van der Waals surface area contributed by atoms with Crippen LogP contribution in [0.5, 0.6) is 0 Å². The minimum absolute atomic E-state index is 0. The third-order valence-corrected chi connectivity index (χ3v) is 10.5. The molecule has 0 amide bonds. The van der Waals surface area contributed by atoms with E-state index in [1.807, 2.05) is 91.0 Å². The van der Waals surface area contributed by atoms with E-state index in [1.54, 1.807) is 0 Å². The Bertz CT molecular complexity index is 1540. The third kappa shape index (κ3) is 16.8. The average Bonchev–Trinajstić information content (AvgIpc) is 3.17. The summed E-state index contributed by atoms with van der Waals surface area (Å²) in [5, 5.41) is 13.3. The minimum Gasteiger partial charge on any atom is -0.671 e. The van der Waals surface area contributed by atoms with E-state index in [-0.39, 0.29) is 31.8 Å². The molecular formula is C47H50HfN2P-5. The van der Waals surface area contributed by atoms with Crippen LogP contribution in [0.15, 0.2) is 182 Å². The van der Waals surface area contributed by atoms with E-state index in [2.05, 4.69) is 112 Å². The van der Waals surface area contributed by atoms with Gasteiger partial charge in [0.1, 0.15) is 0 Å². The summed E-state index contributed by atoms with van der Waals surface area (Å²) in [6, 6.07) is 62.4. The van der Waals surface area contributed by atoms with Crippen molar-refractivity contribution in [2.45, 2.75) is 50.6 Å². The van der Waals surface area contributed by atoms with E-state index >= 15 is 0 Å². The first-order valence-corrected chi connectivity index (χ1v) is 18.9. The molecule has 6 aromatic rings. The molecular weight excluding hydrogens is 802 g/mol. The topological polar surface area (TPSA) is 28.2 Å². The zero-order valence-corrected chi connectivity index (χ0v) is 34.2. The van der Waals surface area contributed by atoms with Crippen LogP contribution in [0, 0.1) is 20.8 Å². The fourth-order valence-electron chi connectivity index (χ4n) is 5.41. The van der Waals surface area contributed by atoms with E-state index in [9.17, 15) is 0 Å². The van der Waals surface area contributed by atoms with Gasteiger partial charge in [0.25, 0.3) is 0 Å². The van der Waals surface area contributed by atoms with Gasteiger partial charge >= 0.3 is 0 Å². The van der Waals surface area contributed by atoms with Crippen LogP contribution in [-0.2, 0) is 32.4 Å². The van der Waals surface area contributed by atoms with Crippen LogP contribution in [0.2, 0.25) is 0 Å². The molecule has 0 saturated heterocycles. The van der Waals surface area contributed by atoms with Crippen molar-refractivity contribution in [1.29, 1.82) is 0 Å². The van der Waals surface area contributed by atoms with Crippen LogP contribution < -0.4 is 10.6 Å². The summed E-state index contributed by atoms with van der Waals surface area (Å²) in [4.78, 5) is 0. The van der Waals surface area contributed by atoms with Gasteiger partial charge in [0.05, 0.1) is 0 Å². The van der Waals surface area contributed by atoms with E-state index < -0.39 is 7.92 Å². The summed E-state index contributed by atoms with van der Waals surface area (Å²) in [6.07, 6.45) is 6.38. The summed E-state index contributed by atoms with van der Waals surface area (Å²) in [7, 11) is -0.669. The van der Waals surface area contributed by atoms with Crippen molar-refractivity contribution in [3.63, 3.8) is 0 Å². The Balaban J connectivity index is 0.000000256. The smallest absolute Gasteiger partial charge is 0 e. The quantitative estimate of drug-likeness (QED) is 0.0829. The molecule has 0 heterocycles. The van der Waals surface area contributed by atoms with Gasteiger partial charge in [-0.3, -0.25) is 0 Å². The number of nitrogens with zero attached hydrogens (tertiary/aromatic N) is 2. The van der Waals surface area contributed by atoms with Gasteiger partial charge in [-0.15, -0.1) is 49.0 Å². The second kappa shape index (κ2) is 25.2. The molecule has 0 N–H and O–H groups in total. The number of benzene rings is 6. The maximum atomic E-state index is 5.37. The van der Waals surface area contributed by atoms with E-state index in [4.69, 9.17) is 10.6 Å². The van der Waals surface area contributed by atoms with Gasteiger partial charge in [-0.2, -0.15) is 73.9 Å². The fourth-order valence-corrected chi connectivity index (χ4v) is 7.80. The minimum atomic E-state index is -0.669. The normalized spacial score (nSPS) is 12.6. The van der Waals surface area contributed by atoms with Crippen LogP contribution in [0.25, 0.3) is 10.6 Å². The molecule has 0 bridgehead atoms. The van der Waals surface area contributed by atoms with E-state index in [0.717, 1.165) is 23.2 Å². The van der Waals surface area contributed by atoms with Crippen LogP contribution in [0.3, 0.4) is 0 Å². The van der Waals surface area contributed by atoms with Gasteiger partial charge < -0.3 is 10.6 Å². The average molecular weight is 852 g/mol. The monoisotopic (exact) mass is 853 g/mol. The Kier molecular flexibility index (Phi) is 20.5. The van der Waals surface area contributed by atoms with Gasteiger partial charge in [0.15, 0.2) is 0 Å². The zero-order valence-electron chi connectivity index (χ0n) is 29.7. The molecule has 1 saturated carbocycles. The van der Waals surface area contributed by atoms with Crippen molar-refractivity contribution in [3.8, 4) is 0 Å². The Morgan fingerprint density at radius 2 is 0.804 bits per heavy atom. The summed E-state index contributed by atoms with van der Waals surface area (Å²) >= 11 is 0. The molecule has 7 rings (SSSR count). The third-order valence-electron chi connectivity index (χ3n) is 8.03. The molecule has 1 aliphatic carbocycles. The van der Waals surface area contributed by atoms with Crippen molar-refractivity contribution in [3.05, 3.63) is 236 Å². The summed E-state index contributed by atoms with van der Waals surface area (Å²) in [6.45, 7) is 11.9. The number of rotatable bonds is 8. The summed E-state index contributed by atoms with van der Waals surface area (Å²) in [5.41, 5.74) is 4.47. The van der Waals surface area contributed by atoms with Crippen molar-refractivity contribution in [1.82, 2.24) is 0 Å². The molecule has 51 heavy (non-hydrogen) atoms. The van der Waals surface area contributed by atoms with Gasteiger partial charge in [0.2, 0.25) is 0 Å². The molecule has 1 atom stereocenters. The molecule has 1 aliphatic rings. The predicted molar refractivity (Wildman–Crippen MR) is 219 cm³/mol. The van der Waals surface area contributed by atoms with Crippen LogP contribution in [0.4, 0.5) is 0 Å². The summed E-state index contributed by atoms with van der Waals surface area (Å²) < 4.78 is 0. The van der Waals surface area contributed by atoms with Crippen LogP contribution in [0.1, 0.15) is 54.4 Å². The standard InChI is InChI=1S/C26H29N2P.3C7H7.Hf/c1-5-13-22(14-6-1)21-27-26(28-23-15-7-2-8-16-23)29(24-17-9-3-10-18-24)25-19-11-4-12-20-25;3*1-7-5-3-2-4-6-7;/h1,3-6,9-14,17-20,23,26H,2,7-8,15-16,21H2;3*2-6H,1H2;/q-2;3*-1;. The first-order chi connectivity index (χ1) is 24.6. The molecule has 0 radical (unpaired) electrons. The molecule has 4 heteroatoms. The van der Waals surface area contributed by atoms with Crippen LogP contribution in [-0.4, -0.2) is 11.9 Å². The van der Waals surface area contributed by atoms with Crippen molar-refractivity contribution >= 4 is 18.5 Å². The SMILES string of the molecule is [CH2-]c1ccccc1.[CH2-]c1ccccc1.[CH2-]c1ccccc1.[Hf].c1ccc(C[N-]C([N-]C2CCCCC2)P(c2ccccc2)c2ccccc2)cc1. The molecule has 262 valence electrons. The maximum absolute atomic E-state index is 5.37.